The number of carbonyl (C=O) groups is 1. The maximum absolute atomic E-state index is 13.5. The van der Waals surface area contributed by atoms with Crippen LogP contribution in [0.1, 0.15) is 23.1 Å². The number of nitrogens with zero attached hydrogens (tertiary/aromatic N) is 1. The quantitative estimate of drug-likeness (QED) is 0.642. The van der Waals surface area contributed by atoms with Gasteiger partial charge < -0.3 is 4.74 Å². The summed E-state index contributed by atoms with van der Waals surface area (Å²) in [6.45, 7) is 3.56. The van der Waals surface area contributed by atoms with Crippen LogP contribution in [0.15, 0.2) is 46.4 Å². The van der Waals surface area contributed by atoms with Gasteiger partial charge >= 0.3 is 0 Å². The second-order valence-electron chi connectivity index (χ2n) is 6.36. The molecule has 3 rings (SSSR count). The Morgan fingerprint density at radius 2 is 2.00 bits per heavy atom. The summed E-state index contributed by atoms with van der Waals surface area (Å²) in [6.07, 6.45) is 0.0942. The van der Waals surface area contributed by atoms with Gasteiger partial charge in [0.05, 0.1) is 16.4 Å². The highest BCUT2D eigenvalue weighted by molar-refractivity contribution is 7.91. The van der Waals surface area contributed by atoms with Crippen LogP contribution in [0.4, 0.5) is 4.39 Å². The monoisotopic (exact) mass is 390 g/mol. The maximum atomic E-state index is 13.5. The van der Waals surface area contributed by atoms with Crippen LogP contribution in [0, 0.1) is 19.7 Å². The summed E-state index contributed by atoms with van der Waals surface area (Å²) >= 11 is 0. The van der Waals surface area contributed by atoms with E-state index < -0.39 is 21.6 Å². The molecule has 6 nitrogen and oxygen atoms in total. The molecule has 0 radical (unpaired) electrons. The van der Waals surface area contributed by atoms with Gasteiger partial charge in [-0.15, -0.1) is 0 Å². The largest absolute Gasteiger partial charge is 0.483 e. The van der Waals surface area contributed by atoms with Crippen LogP contribution in [0.5, 0.6) is 5.75 Å². The van der Waals surface area contributed by atoms with E-state index in [4.69, 9.17) is 4.74 Å². The van der Waals surface area contributed by atoms with Gasteiger partial charge in [0.25, 0.3) is 5.91 Å². The molecule has 0 saturated heterocycles. The second kappa shape index (κ2) is 7.48. The van der Waals surface area contributed by atoms with E-state index >= 15 is 0 Å². The van der Waals surface area contributed by atoms with Crippen LogP contribution in [0.3, 0.4) is 0 Å². The first kappa shape index (κ1) is 19.0. The summed E-state index contributed by atoms with van der Waals surface area (Å²) in [5.74, 6) is -0.592. The molecular formula is C19H19FN2O4S. The van der Waals surface area contributed by atoms with Gasteiger partial charge in [0, 0.05) is 12.0 Å². The number of benzene rings is 2. The minimum absolute atomic E-state index is 0.0229. The van der Waals surface area contributed by atoms with Gasteiger partial charge in [0.2, 0.25) is 0 Å². The van der Waals surface area contributed by atoms with Gasteiger partial charge in [-0.1, -0.05) is 12.1 Å². The Balaban J connectivity index is 1.72. The van der Waals surface area contributed by atoms with E-state index in [-0.39, 0.29) is 29.2 Å². The van der Waals surface area contributed by atoms with Crippen molar-refractivity contribution in [1.82, 2.24) is 5.43 Å². The highest BCUT2D eigenvalue weighted by Crippen LogP contribution is 2.26. The molecule has 1 aliphatic rings. The average molecular weight is 390 g/mol. The van der Waals surface area contributed by atoms with Crippen LogP contribution in [0.25, 0.3) is 0 Å². The Morgan fingerprint density at radius 3 is 2.78 bits per heavy atom. The molecule has 0 unspecified atom stereocenters. The molecule has 0 aromatic heterocycles. The zero-order valence-corrected chi connectivity index (χ0v) is 15.8. The highest BCUT2D eigenvalue weighted by atomic mass is 32.2. The Morgan fingerprint density at radius 1 is 1.22 bits per heavy atom. The fourth-order valence-corrected chi connectivity index (χ4v) is 4.23. The number of ether oxygens (including phenoxy) is 1. The first-order valence-electron chi connectivity index (χ1n) is 8.34. The Kier molecular flexibility index (Phi) is 5.27. The van der Waals surface area contributed by atoms with Crippen molar-refractivity contribution < 1.29 is 22.3 Å². The van der Waals surface area contributed by atoms with E-state index in [0.29, 0.717) is 11.5 Å². The molecule has 1 amide bonds. The number of halogens is 1. The summed E-state index contributed by atoms with van der Waals surface area (Å²) in [6, 6.07) is 9.11. The van der Waals surface area contributed by atoms with Crippen LogP contribution in [0.2, 0.25) is 0 Å². The molecule has 142 valence electrons. The zero-order valence-electron chi connectivity index (χ0n) is 15.0. The van der Waals surface area contributed by atoms with E-state index in [9.17, 15) is 17.6 Å². The Hall–Kier alpha value is -2.74. The van der Waals surface area contributed by atoms with Gasteiger partial charge in [-0.3, -0.25) is 4.79 Å². The normalized spacial score (nSPS) is 16.6. The van der Waals surface area contributed by atoms with Crippen LogP contribution in [-0.4, -0.2) is 32.4 Å². The molecule has 1 aliphatic heterocycles. The van der Waals surface area contributed by atoms with E-state index in [1.165, 1.54) is 6.07 Å². The van der Waals surface area contributed by atoms with E-state index in [1.807, 2.05) is 32.0 Å². The average Bonchev–Trinajstić information content (AvgIpc) is 2.61. The lowest BCUT2D eigenvalue weighted by atomic mass is 10.1. The highest BCUT2D eigenvalue weighted by Gasteiger charge is 2.28. The van der Waals surface area contributed by atoms with Crippen LogP contribution in [-0.2, 0) is 14.6 Å². The summed E-state index contributed by atoms with van der Waals surface area (Å²) in [7, 11) is -3.47. The molecule has 2 aromatic rings. The number of fused-ring (bicyclic) bond motifs is 1. The standard InChI is InChI=1S/C19H19FN2O4S/c1-12-3-4-13(2)17(9-12)26-11-19(23)22-21-16-7-8-27(24,25)18-6-5-14(20)10-15(16)18/h3-6,9-10H,7-8,11H2,1-2H3,(H,22,23)/b21-16+. The lowest BCUT2D eigenvalue weighted by molar-refractivity contribution is -0.123. The molecule has 0 bridgehead atoms. The van der Waals surface area contributed by atoms with Crippen molar-refractivity contribution in [3.8, 4) is 5.75 Å². The molecule has 0 aliphatic carbocycles. The predicted octanol–water partition coefficient (Wildman–Crippen LogP) is 2.52. The van der Waals surface area contributed by atoms with Gasteiger partial charge in [-0.05, 0) is 49.2 Å². The number of amides is 1. The third kappa shape index (κ3) is 4.33. The first-order chi connectivity index (χ1) is 12.8. The minimum Gasteiger partial charge on any atom is -0.483 e. The van der Waals surface area contributed by atoms with Crippen molar-refractivity contribution in [2.24, 2.45) is 5.10 Å². The summed E-state index contributed by atoms with van der Waals surface area (Å²) in [4.78, 5) is 12.0. The van der Waals surface area contributed by atoms with Gasteiger partial charge in [-0.2, -0.15) is 5.10 Å². The van der Waals surface area contributed by atoms with Gasteiger partial charge in [0.1, 0.15) is 11.6 Å². The van der Waals surface area contributed by atoms with Crippen molar-refractivity contribution in [1.29, 1.82) is 0 Å². The Labute approximate surface area is 157 Å². The molecular weight excluding hydrogens is 371 g/mol. The topological polar surface area (TPSA) is 84.8 Å². The van der Waals surface area contributed by atoms with Crippen molar-refractivity contribution in [3.63, 3.8) is 0 Å². The number of hydrogen-bond acceptors (Lipinski definition) is 5. The fourth-order valence-electron chi connectivity index (χ4n) is 2.76. The number of carbonyl (C=O) groups excluding carboxylic acids is 1. The smallest absolute Gasteiger partial charge is 0.277 e. The molecule has 0 saturated carbocycles. The molecule has 0 spiro atoms. The number of sulfone groups is 1. The van der Waals surface area contributed by atoms with Crippen LogP contribution >= 0.6 is 0 Å². The summed E-state index contributed by atoms with van der Waals surface area (Å²) < 4.78 is 43.2. The number of hydrogen-bond donors (Lipinski definition) is 1. The fraction of sp³-hybridized carbons (Fsp3) is 0.263. The van der Waals surface area contributed by atoms with E-state index in [1.54, 1.807) is 0 Å². The maximum Gasteiger partial charge on any atom is 0.277 e. The molecule has 27 heavy (non-hydrogen) atoms. The van der Waals surface area contributed by atoms with Crippen molar-refractivity contribution >= 4 is 21.5 Å². The second-order valence-corrected chi connectivity index (χ2v) is 8.44. The number of aryl methyl sites for hydroxylation is 2. The van der Waals surface area contributed by atoms with E-state index in [2.05, 4.69) is 10.5 Å². The van der Waals surface area contributed by atoms with Gasteiger partial charge in [-0.25, -0.2) is 18.2 Å². The molecule has 2 aromatic carbocycles. The number of rotatable bonds is 4. The third-order valence-electron chi connectivity index (χ3n) is 4.21. The lowest BCUT2D eigenvalue weighted by Gasteiger charge is -2.18. The SMILES string of the molecule is Cc1ccc(C)c(OCC(=O)N/N=C2\CCS(=O)(=O)c3ccc(F)cc32)c1. The zero-order chi connectivity index (χ0) is 19.6. The number of nitrogens with one attached hydrogen (secondary N) is 1. The number of hydrazone groups is 1. The van der Waals surface area contributed by atoms with Crippen LogP contribution < -0.4 is 10.2 Å². The minimum atomic E-state index is -3.47. The lowest BCUT2D eigenvalue weighted by Crippen LogP contribution is -2.29. The van der Waals surface area contributed by atoms with Crippen molar-refractivity contribution in [2.45, 2.75) is 25.2 Å². The molecule has 0 fully saturated rings. The first-order valence-corrected chi connectivity index (χ1v) is 9.99. The molecule has 1 N–H and O–H groups in total. The molecule has 1 heterocycles. The molecule has 0 atom stereocenters. The van der Waals surface area contributed by atoms with Gasteiger partial charge in [0.15, 0.2) is 16.4 Å². The predicted molar refractivity (Wildman–Crippen MR) is 99.2 cm³/mol. The summed E-state index contributed by atoms with van der Waals surface area (Å²) in [5.41, 5.74) is 4.76. The van der Waals surface area contributed by atoms with Crippen molar-refractivity contribution in [2.75, 3.05) is 12.4 Å². The van der Waals surface area contributed by atoms with E-state index in [0.717, 1.165) is 23.3 Å². The third-order valence-corrected chi connectivity index (χ3v) is 5.98. The summed E-state index contributed by atoms with van der Waals surface area (Å²) in [5, 5.41) is 3.99. The Bertz CT molecular complexity index is 1030. The molecule has 8 heteroatoms. The van der Waals surface area contributed by atoms with Crippen molar-refractivity contribution in [3.05, 3.63) is 58.9 Å².